The smallest absolute Gasteiger partial charge is 0.324 e. The van der Waals surface area contributed by atoms with Crippen LogP contribution in [0.1, 0.15) is 38.5 Å². The molecule has 0 radical (unpaired) electrons. The quantitative estimate of drug-likeness (QED) is 0.706. The number of alkyl halides is 2. The standard InChI is InChI=1S/C10H15F2NO2/c11-9(12)4-1-8(2-5-9)3-6-10(8,13)7(14)15/h1-6,13H2,(H,14,15). The zero-order valence-electron chi connectivity index (χ0n) is 8.43. The number of hydrogen-bond donors (Lipinski definition) is 2. The molecule has 0 aromatic carbocycles. The van der Waals surface area contributed by atoms with Crippen molar-refractivity contribution in [2.45, 2.75) is 50.0 Å². The number of halogens is 2. The first kappa shape index (κ1) is 10.8. The highest BCUT2D eigenvalue weighted by Crippen LogP contribution is 2.59. The lowest BCUT2D eigenvalue weighted by Gasteiger charge is -2.57. The van der Waals surface area contributed by atoms with Gasteiger partial charge in [0.2, 0.25) is 5.92 Å². The van der Waals surface area contributed by atoms with E-state index in [2.05, 4.69) is 0 Å². The highest BCUT2D eigenvalue weighted by Gasteiger charge is 2.63. The number of hydrogen-bond acceptors (Lipinski definition) is 2. The minimum Gasteiger partial charge on any atom is -0.480 e. The van der Waals surface area contributed by atoms with Gasteiger partial charge in [-0.3, -0.25) is 4.79 Å². The van der Waals surface area contributed by atoms with Gasteiger partial charge in [0.15, 0.2) is 0 Å². The van der Waals surface area contributed by atoms with E-state index in [0.717, 1.165) is 0 Å². The van der Waals surface area contributed by atoms with Crippen LogP contribution in [-0.4, -0.2) is 22.5 Å². The summed E-state index contributed by atoms with van der Waals surface area (Å²) >= 11 is 0. The van der Waals surface area contributed by atoms with Crippen LogP contribution in [0, 0.1) is 5.41 Å². The van der Waals surface area contributed by atoms with Crippen LogP contribution >= 0.6 is 0 Å². The number of carbonyl (C=O) groups is 1. The maximum Gasteiger partial charge on any atom is 0.324 e. The Morgan fingerprint density at radius 2 is 1.53 bits per heavy atom. The lowest BCUT2D eigenvalue weighted by atomic mass is 9.49. The second kappa shape index (κ2) is 2.90. The molecule has 2 saturated carbocycles. The van der Waals surface area contributed by atoms with Crippen LogP contribution in [0.3, 0.4) is 0 Å². The topological polar surface area (TPSA) is 63.3 Å². The van der Waals surface area contributed by atoms with Crippen LogP contribution in [0.4, 0.5) is 8.78 Å². The van der Waals surface area contributed by atoms with Gasteiger partial charge in [0.25, 0.3) is 0 Å². The Bertz CT molecular complexity index is 296. The number of aliphatic carboxylic acids is 1. The van der Waals surface area contributed by atoms with E-state index in [9.17, 15) is 13.6 Å². The largest absolute Gasteiger partial charge is 0.480 e. The van der Waals surface area contributed by atoms with E-state index < -0.39 is 22.8 Å². The molecule has 5 heteroatoms. The average molecular weight is 219 g/mol. The molecular weight excluding hydrogens is 204 g/mol. The fourth-order valence-electron chi connectivity index (χ4n) is 2.87. The Morgan fingerprint density at radius 3 is 1.87 bits per heavy atom. The van der Waals surface area contributed by atoms with E-state index in [4.69, 9.17) is 10.8 Å². The Morgan fingerprint density at radius 1 is 1.07 bits per heavy atom. The molecule has 0 saturated heterocycles. The highest BCUT2D eigenvalue weighted by molar-refractivity contribution is 5.81. The maximum atomic E-state index is 13.0. The molecule has 15 heavy (non-hydrogen) atoms. The molecule has 0 heterocycles. The molecule has 0 amide bonds. The van der Waals surface area contributed by atoms with E-state index >= 15 is 0 Å². The lowest BCUT2D eigenvalue weighted by molar-refractivity contribution is -0.171. The van der Waals surface area contributed by atoms with Gasteiger partial charge in [0, 0.05) is 12.8 Å². The van der Waals surface area contributed by atoms with E-state index in [-0.39, 0.29) is 25.7 Å². The van der Waals surface area contributed by atoms with Crippen LogP contribution in [-0.2, 0) is 4.79 Å². The van der Waals surface area contributed by atoms with E-state index in [1.165, 1.54) is 0 Å². The van der Waals surface area contributed by atoms with Gasteiger partial charge in [-0.15, -0.1) is 0 Å². The molecule has 2 aliphatic rings. The molecule has 1 spiro atoms. The third-order valence-corrected chi connectivity index (χ3v) is 4.26. The molecule has 3 N–H and O–H groups in total. The fraction of sp³-hybridized carbons (Fsp3) is 0.900. The Balaban J connectivity index is 2.14. The summed E-state index contributed by atoms with van der Waals surface area (Å²) < 4.78 is 25.9. The van der Waals surface area contributed by atoms with Crippen molar-refractivity contribution in [1.82, 2.24) is 0 Å². The molecule has 86 valence electrons. The molecule has 0 aromatic heterocycles. The minimum absolute atomic E-state index is 0.223. The van der Waals surface area contributed by atoms with Gasteiger partial charge >= 0.3 is 5.97 Å². The monoisotopic (exact) mass is 219 g/mol. The summed E-state index contributed by atoms with van der Waals surface area (Å²) in [6.07, 6.45) is 1.11. The maximum absolute atomic E-state index is 13.0. The summed E-state index contributed by atoms with van der Waals surface area (Å²) in [7, 11) is 0. The van der Waals surface area contributed by atoms with Gasteiger partial charge in [-0.25, -0.2) is 8.78 Å². The van der Waals surface area contributed by atoms with Gasteiger partial charge in [-0.2, -0.15) is 0 Å². The SMILES string of the molecule is NC1(C(=O)O)CCC12CCC(F)(F)CC2. The third kappa shape index (κ3) is 1.36. The Kier molecular flexibility index (Phi) is 2.09. The minimum atomic E-state index is -2.62. The third-order valence-electron chi connectivity index (χ3n) is 4.26. The Hall–Kier alpha value is -0.710. The van der Waals surface area contributed by atoms with Gasteiger partial charge in [-0.1, -0.05) is 0 Å². The fourth-order valence-corrected chi connectivity index (χ4v) is 2.87. The second-order valence-corrected chi connectivity index (χ2v) is 4.91. The van der Waals surface area contributed by atoms with Crippen molar-refractivity contribution in [3.8, 4) is 0 Å². The molecule has 3 nitrogen and oxygen atoms in total. The van der Waals surface area contributed by atoms with Crippen molar-refractivity contribution in [2.75, 3.05) is 0 Å². The summed E-state index contributed by atoms with van der Waals surface area (Å²) in [5, 5.41) is 9.03. The first-order valence-corrected chi connectivity index (χ1v) is 5.22. The number of carboxylic acids is 1. The van der Waals surface area contributed by atoms with Crippen molar-refractivity contribution in [3.05, 3.63) is 0 Å². The van der Waals surface area contributed by atoms with Gasteiger partial charge in [0.05, 0.1) is 0 Å². The zero-order valence-corrected chi connectivity index (χ0v) is 8.43. The van der Waals surface area contributed by atoms with Gasteiger partial charge in [0.1, 0.15) is 5.54 Å². The van der Waals surface area contributed by atoms with Crippen molar-refractivity contribution in [3.63, 3.8) is 0 Å². The van der Waals surface area contributed by atoms with Gasteiger partial charge < -0.3 is 10.8 Å². The summed E-state index contributed by atoms with van der Waals surface area (Å²) in [5.41, 5.74) is 3.97. The van der Waals surface area contributed by atoms with Crippen LogP contribution in [0.2, 0.25) is 0 Å². The normalized spacial score (nSPS) is 37.3. The summed E-state index contributed by atoms with van der Waals surface area (Å²) in [6.45, 7) is 0. The predicted molar refractivity (Wildman–Crippen MR) is 49.6 cm³/mol. The first-order chi connectivity index (χ1) is 6.81. The second-order valence-electron chi connectivity index (χ2n) is 4.91. The molecule has 0 aromatic rings. The van der Waals surface area contributed by atoms with E-state index in [1.807, 2.05) is 0 Å². The van der Waals surface area contributed by atoms with Crippen molar-refractivity contribution >= 4 is 5.97 Å². The van der Waals surface area contributed by atoms with Crippen molar-refractivity contribution in [1.29, 1.82) is 0 Å². The van der Waals surface area contributed by atoms with Crippen LogP contribution in [0.25, 0.3) is 0 Å². The summed E-state index contributed by atoms with van der Waals surface area (Å²) in [4.78, 5) is 11.0. The van der Waals surface area contributed by atoms with Crippen LogP contribution in [0.5, 0.6) is 0 Å². The molecule has 2 rings (SSSR count). The number of rotatable bonds is 1. The zero-order chi connectivity index (χ0) is 11.3. The van der Waals surface area contributed by atoms with E-state index in [0.29, 0.717) is 12.8 Å². The summed E-state index contributed by atoms with van der Waals surface area (Å²) in [5.74, 6) is -3.67. The predicted octanol–water partition coefficient (Wildman–Crippen LogP) is 1.76. The molecule has 0 aliphatic heterocycles. The molecule has 0 bridgehead atoms. The summed E-state index contributed by atoms with van der Waals surface area (Å²) in [6, 6.07) is 0. The number of nitrogens with two attached hydrogens (primary N) is 1. The van der Waals surface area contributed by atoms with Crippen molar-refractivity contribution < 1.29 is 18.7 Å². The van der Waals surface area contributed by atoms with Crippen LogP contribution in [0.15, 0.2) is 0 Å². The van der Waals surface area contributed by atoms with Crippen LogP contribution < -0.4 is 5.73 Å². The Labute approximate surface area is 86.6 Å². The molecule has 1 atom stereocenters. The molecular formula is C10H15F2NO2. The highest BCUT2D eigenvalue weighted by atomic mass is 19.3. The average Bonchev–Trinajstić information content (AvgIpc) is 2.14. The lowest BCUT2D eigenvalue weighted by Crippen LogP contribution is -2.69. The van der Waals surface area contributed by atoms with E-state index in [1.54, 1.807) is 0 Å². The molecule has 2 fully saturated rings. The molecule has 2 aliphatic carbocycles. The first-order valence-electron chi connectivity index (χ1n) is 5.22. The van der Waals surface area contributed by atoms with Gasteiger partial charge in [-0.05, 0) is 31.1 Å². The van der Waals surface area contributed by atoms with Crippen molar-refractivity contribution in [2.24, 2.45) is 11.1 Å². The molecule has 1 unspecified atom stereocenters. The number of carboxylic acid groups (broad SMARTS) is 1.